The van der Waals surface area contributed by atoms with E-state index < -0.39 is 0 Å². The van der Waals surface area contributed by atoms with Gasteiger partial charge in [0, 0.05) is 12.5 Å². The fraction of sp³-hybridized carbons (Fsp3) is 0.500. The number of rotatable bonds is 5. The minimum Gasteiger partial charge on any atom is -0.399 e. The molecule has 1 saturated heterocycles. The zero-order valence-corrected chi connectivity index (χ0v) is 14.9. The maximum atomic E-state index is 10.1. The molecule has 0 amide bonds. The third kappa shape index (κ3) is 3.83. The minimum absolute atomic E-state index is 0.0135. The second-order valence-corrected chi connectivity index (χ2v) is 6.76. The normalized spacial score (nSPS) is 22.1. The lowest BCUT2D eigenvalue weighted by atomic mass is 9.96. The summed E-state index contributed by atoms with van der Waals surface area (Å²) >= 11 is 12.2. The molecular weight excluding hydrogens is 351 g/mol. The SMILES string of the molecule is CO/N=C(\C[C@H]1NCCC[C@@H]1O)Cn1cnc2cc(Cl)c(Cl)cc21. The quantitative estimate of drug-likeness (QED) is 0.626. The van der Waals surface area contributed by atoms with E-state index in [-0.39, 0.29) is 12.1 Å². The largest absolute Gasteiger partial charge is 0.399 e. The maximum Gasteiger partial charge on any atom is 0.106 e. The van der Waals surface area contributed by atoms with E-state index in [0.717, 1.165) is 36.1 Å². The van der Waals surface area contributed by atoms with Gasteiger partial charge in [0.2, 0.25) is 0 Å². The highest BCUT2D eigenvalue weighted by molar-refractivity contribution is 6.42. The Balaban J connectivity index is 1.81. The summed E-state index contributed by atoms with van der Waals surface area (Å²) < 4.78 is 1.95. The lowest BCUT2D eigenvalue weighted by molar-refractivity contribution is 0.0983. The number of benzene rings is 1. The Labute approximate surface area is 150 Å². The molecule has 0 spiro atoms. The highest BCUT2D eigenvalue weighted by Crippen LogP contribution is 2.27. The predicted molar refractivity (Wildman–Crippen MR) is 95.8 cm³/mol. The van der Waals surface area contributed by atoms with Crippen molar-refractivity contribution in [3.8, 4) is 0 Å². The van der Waals surface area contributed by atoms with E-state index in [2.05, 4.69) is 15.5 Å². The highest BCUT2D eigenvalue weighted by Gasteiger charge is 2.24. The van der Waals surface area contributed by atoms with Crippen LogP contribution in [0.25, 0.3) is 11.0 Å². The van der Waals surface area contributed by atoms with Crippen LogP contribution in [0, 0.1) is 0 Å². The Bertz CT molecular complexity index is 747. The molecule has 24 heavy (non-hydrogen) atoms. The Morgan fingerprint density at radius 1 is 1.46 bits per heavy atom. The van der Waals surface area contributed by atoms with Crippen LogP contribution in [0.15, 0.2) is 23.6 Å². The number of piperidine rings is 1. The van der Waals surface area contributed by atoms with Gasteiger partial charge in [-0.2, -0.15) is 0 Å². The third-order valence-electron chi connectivity index (χ3n) is 4.24. The van der Waals surface area contributed by atoms with E-state index in [1.807, 2.05) is 4.57 Å². The molecule has 0 unspecified atom stereocenters. The van der Waals surface area contributed by atoms with E-state index in [1.165, 1.54) is 7.11 Å². The van der Waals surface area contributed by atoms with Crippen LogP contribution >= 0.6 is 23.2 Å². The van der Waals surface area contributed by atoms with Crippen molar-refractivity contribution in [3.63, 3.8) is 0 Å². The van der Waals surface area contributed by atoms with Crippen LogP contribution in [0.2, 0.25) is 10.0 Å². The molecule has 0 saturated carbocycles. The number of imidazole rings is 1. The van der Waals surface area contributed by atoms with Crippen LogP contribution in [-0.4, -0.2) is 46.2 Å². The van der Waals surface area contributed by atoms with E-state index in [4.69, 9.17) is 28.0 Å². The molecule has 8 heteroatoms. The van der Waals surface area contributed by atoms with Crippen molar-refractivity contribution in [1.29, 1.82) is 0 Å². The van der Waals surface area contributed by atoms with Crippen LogP contribution in [0.1, 0.15) is 19.3 Å². The molecule has 1 fully saturated rings. The number of nitrogens with one attached hydrogen (secondary N) is 1. The molecule has 1 aliphatic rings. The first-order chi connectivity index (χ1) is 11.6. The van der Waals surface area contributed by atoms with Crippen molar-refractivity contribution in [2.24, 2.45) is 5.16 Å². The zero-order chi connectivity index (χ0) is 17.1. The minimum atomic E-state index is -0.367. The van der Waals surface area contributed by atoms with E-state index in [9.17, 15) is 5.11 Å². The summed E-state index contributed by atoms with van der Waals surface area (Å²) in [5.74, 6) is 0. The standard InChI is InChI=1S/C16H20Cl2N4O2/c1-24-21-10(5-14-16(23)3-2-4-19-14)8-22-9-20-13-6-11(17)12(18)7-15(13)22/h6-7,9,14,16,19,23H,2-5,8H2,1H3/b21-10+/t14-,16+/m1/s1. The number of halogens is 2. The molecule has 2 N–H and O–H groups in total. The van der Waals surface area contributed by atoms with Gasteiger partial charge in [0.1, 0.15) is 7.11 Å². The second-order valence-electron chi connectivity index (χ2n) is 5.94. The van der Waals surface area contributed by atoms with Crippen LogP contribution in [0.4, 0.5) is 0 Å². The summed E-state index contributed by atoms with van der Waals surface area (Å²) in [4.78, 5) is 9.34. The molecule has 3 rings (SSSR count). The number of aliphatic hydroxyl groups is 1. The summed E-state index contributed by atoms with van der Waals surface area (Å²) in [5.41, 5.74) is 2.48. The molecule has 1 aromatic heterocycles. The number of oxime groups is 1. The Hall–Kier alpha value is -1.34. The van der Waals surface area contributed by atoms with Crippen molar-refractivity contribution in [3.05, 3.63) is 28.5 Å². The average Bonchev–Trinajstić information content (AvgIpc) is 2.92. The topological polar surface area (TPSA) is 71.7 Å². The van der Waals surface area contributed by atoms with Gasteiger partial charge in [0.25, 0.3) is 0 Å². The first kappa shape index (κ1) is 17.5. The molecule has 1 aromatic carbocycles. The summed E-state index contributed by atoms with van der Waals surface area (Å²) in [5, 5.41) is 18.6. The average molecular weight is 371 g/mol. The van der Waals surface area contributed by atoms with E-state index in [1.54, 1.807) is 18.5 Å². The lowest BCUT2D eigenvalue weighted by Crippen LogP contribution is -2.46. The molecule has 6 nitrogen and oxygen atoms in total. The van der Waals surface area contributed by atoms with Gasteiger partial charge >= 0.3 is 0 Å². The number of nitrogens with zero attached hydrogens (tertiary/aromatic N) is 3. The van der Waals surface area contributed by atoms with Crippen LogP contribution < -0.4 is 5.32 Å². The number of fused-ring (bicyclic) bond motifs is 1. The Morgan fingerprint density at radius 2 is 2.25 bits per heavy atom. The van der Waals surface area contributed by atoms with Crippen molar-refractivity contribution in [2.75, 3.05) is 13.7 Å². The van der Waals surface area contributed by atoms with Crippen molar-refractivity contribution >= 4 is 39.9 Å². The number of hydrogen-bond donors (Lipinski definition) is 2. The van der Waals surface area contributed by atoms with Gasteiger partial charge in [-0.1, -0.05) is 28.4 Å². The van der Waals surface area contributed by atoms with Gasteiger partial charge in [-0.25, -0.2) is 4.98 Å². The fourth-order valence-electron chi connectivity index (χ4n) is 3.03. The summed E-state index contributed by atoms with van der Waals surface area (Å²) in [6, 6.07) is 3.53. The first-order valence-electron chi connectivity index (χ1n) is 7.88. The predicted octanol–water partition coefficient (Wildman–Crippen LogP) is 2.85. The van der Waals surface area contributed by atoms with Gasteiger partial charge < -0.3 is 19.8 Å². The molecule has 2 aromatic rings. The molecule has 2 heterocycles. The molecular formula is C16H20Cl2N4O2. The fourth-order valence-corrected chi connectivity index (χ4v) is 3.35. The Kier molecular flexibility index (Phi) is 5.61. The molecule has 130 valence electrons. The van der Waals surface area contributed by atoms with E-state index >= 15 is 0 Å². The molecule has 2 atom stereocenters. The van der Waals surface area contributed by atoms with Crippen LogP contribution in [-0.2, 0) is 11.4 Å². The summed E-state index contributed by atoms with van der Waals surface area (Å²) in [7, 11) is 1.52. The third-order valence-corrected chi connectivity index (χ3v) is 4.96. The zero-order valence-electron chi connectivity index (χ0n) is 13.4. The Morgan fingerprint density at radius 3 is 3.00 bits per heavy atom. The van der Waals surface area contributed by atoms with Gasteiger partial charge in [-0.05, 0) is 31.5 Å². The molecule has 1 aliphatic heterocycles. The smallest absolute Gasteiger partial charge is 0.106 e. The second kappa shape index (κ2) is 7.70. The van der Waals surface area contributed by atoms with Crippen molar-refractivity contribution < 1.29 is 9.94 Å². The van der Waals surface area contributed by atoms with Gasteiger partial charge in [0.15, 0.2) is 0 Å². The van der Waals surface area contributed by atoms with Gasteiger partial charge in [-0.3, -0.25) is 0 Å². The number of hydrogen-bond acceptors (Lipinski definition) is 5. The lowest BCUT2D eigenvalue weighted by Gasteiger charge is -2.29. The monoisotopic (exact) mass is 370 g/mol. The van der Waals surface area contributed by atoms with E-state index in [0.29, 0.717) is 23.0 Å². The summed E-state index contributed by atoms with van der Waals surface area (Å²) in [6.07, 6.45) is 3.76. The van der Waals surface area contributed by atoms with Crippen LogP contribution in [0.5, 0.6) is 0 Å². The van der Waals surface area contributed by atoms with Crippen LogP contribution in [0.3, 0.4) is 0 Å². The molecule has 0 bridgehead atoms. The van der Waals surface area contributed by atoms with Crippen molar-refractivity contribution in [2.45, 2.75) is 38.0 Å². The highest BCUT2D eigenvalue weighted by atomic mass is 35.5. The molecule has 0 radical (unpaired) electrons. The number of aliphatic hydroxyl groups excluding tert-OH is 1. The number of aromatic nitrogens is 2. The first-order valence-corrected chi connectivity index (χ1v) is 8.64. The maximum absolute atomic E-state index is 10.1. The summed E-state index contributed by atoms with van der Waals surface area (Å²) in [6.45, 7) is 1.41. The van der Waals surface area contributed by atoms with Gasteiger partial charge in [-0.15, -0.1) is 0 Å². The van der Waals surface area contributed by atoms with Gasteiger partial charge in [0.05, 0.1) is 45.8 Å². The van der Waals surface area contributed by atoms with Crippen molar-refractivity contribution in [1.82, 2.24) is 14.9 Å². The molecule has 0 aliphatic carbocycles.